The quantitative estimate of drug-likeness (QED) is 0.403. The fourth-order valence-electron chi connectivity index (χ4n) is 6.89. The molecule has 7 rings (SSSR count). The van der Waals surface area contributed by atoms with E-state index in [1.807, 2.05) is 0 Å². The molecule has 14 heavy (non-hydrogen) atoms. The van der Waals surface area contributed by atoms with Crippen LogP contribution in [-0.2, 0) is 14.3 Å². The van der Waals surface area contributed by atoms with Crippen LogP contribution in [0.5, 0.6) is 0 Å². The molecule has 6 aliphatic carbocycles. The first-order valence-corrected chi connectivity index (χ1v) is 5.54. The predicted molar refractivity (Wildman–Crippen MR) is 41.5 cm³/mol. The zero-order chi connectivity index (χ0) is 9.03. The summed E-state index contributed by atoms with van der Waals surface area (Å²) in [4.78, 5) is 23.6. The Balaban J connectivity index is 1.83. The van der Waals surface area contributed by atoms with Crippen LogP contribution in [0.15, 0.2) is 0 Å². The number of ether oxygens (including phenoxy) is 1. The van der Waals surface area contributed by atoms with E-state index in [2.05, 4.69) is 0 Å². The second kappa shape index (κ2) is 1.09. The lowest BCUT2D eigenvalue weighted by Gasteiger charge is -2.05. The summed E-state index contributed by atoms with van der Waals surface area (Å²) in [5.41, 5.74) is -0.486. The molecule has 6 saturated carbocycles. The van der Waals surface area contributed by atoms with Crippen molar-refractivity contribution in [1.29, 1.82) is 0 Å². The van der Waals surface area contributed by atoms with Crippen molar-refractivity contribution >= 4 is 11.9 Å². The molecule has 8 atom stereocenters. The van der Waals surface area contributed by atoms with E-state index in [9.17, 15) is 9.59 Å². The van der Waals surface area contributed by atoms with Gasteiger partial charge in [-0.05, 0) is 41.9 Å². The van der Waals surface area contributed by atoms with Crippen LogP contribution in [0.1, 0.15) is 6.42 Å². The molecule has 0 aromatic rings. The van der Waals surface area contributed by atoms with Gasteiger partial charge in [-0.3, -0.25) is 9.59 Å². The third-order valence-corrected chi connectivity index (χ3v) is 6.59. The van der Waals surface area contributed by atoms with Crippen molar-refractivity contribution in [2.45, 2.75) is 6.42 Å². The second-order valence-corrected chi connectivity index (χ2v) is 6.08. The van der Waals surface area contributed by atoms with E-state index in [1.165, 1.54) is 6.42 Å². The van der Waals surface area contributed by atoms with Crippen molar-refractivity contribution in [2.24, 2.45) is 46.3 Å². The SMILES string of the molecule is O=C1OC(=O)C23[C@@H]4C5CC([C@@H]6[C@@H]5C162)[C@@H]43. The van der Waals surface area contributed by atoms with Gasteiger partial charge < -0.3 is 4.74 Å². The Morgan fingerprint density at radius 2 is 1.36 bits per heavy atom. The lowest BCUT2D eigenvalue weighted by molar-refractivity contribution is -0.155. The minimum atomic E-state index is -0.243. The number of carbonyl (C=O) groups is 2. The largest absolute Gasteiger partial charge is 0.392 e. The number of hydrogen-bond donors (Lipinski definition) is 0. The molecule has 0 radical (unpaired) electrons. The first kappa shape index (κ1) is 5.89. The van der Waals surface area contributed by atoms with E-state index < -0.39 is 0 Å². The van der Waals surface area contributed by atoms with Gasteiger partial charge in [-0.1, -0.05) is 0 Å². The standard InChI is InChI=1S/C11H8O3/c12-8-10-4-2-1-3(6(4)10)7-5(2)11(7,10)9(13)14-8/h2-7H,1H2/t2?,3?,4-,5-,6-,7+,10?,11?/m1/s1. The van der Waals surface area contributed by atoms with Gasteiger partial charge in [0, 0.05) is 0 Å². The summed E-state index contributed by atoms with van der Waals surface area (Å²) >= 11 is 0. The number of hydrogen-bond acceptors (Lipinski definition) is 3. The smallest absolute Gasteiger partial charge is 0.321 e. The maximum atomic E-state index is 11.8. The molecular weight excluding hydrogens is 180 g/mol. The van der Waals surface area contributed by atoms with Crippen molar-refractivity contribution in [2.75, 3.05) is 0 Å². The van der Waals surface area contributed by atoms with Gasteiger partial charge in [0.05, 0.1) is 10.8 Å². The number of carbonyl (C=O) groups excluding carboxylic acids is 2. The Labute approximate surface area is 79.8 Å². The van der Waals surface area contributed by atoms with Crippen LogP contribution in [0.3, 0.4) is 0 Å². The van der Waals surface area contributed by atoms with E-state index in [1.54, 1.807) is 0 Å². The summed E-state index contributed by atoms with van der Waals surface area (Å²) in [5, 5.41) is 0. The summed E-state index contributed by atoms with van der Waals surface area (Å²) in [6, 6.07) is 0. The Bertz CT molecular complexity index is 417. The van der Waals surface area contributed by atoms with Crippen LogP contribution in [0, 0.1) is 46.3 Å². The highest BCUT2D eigenvalue weighted by Gasteiger charge is 3.11. The van der Waals surface area contributed by atoms with E-state index in [0.29, 0.717) is 23.7 Å². The Kier molecular flexibility index (Phi) is 0.459. The summed E-state index contributed by atoms with van der Waals surface area (Å²) in [7, 11) is 0. The monoisotopic (exact) mass is 188 g/mol. The third kappa shape index (κ3) is 0.220. The highest BCUT2D eigenvalue weighted by molar-refractivity contribution is 6.10. The average Bonchev–Trinajstić information content (AvgIpc) is 2.85. The first-order chi connectivity index (χ1) is 6.77. The van der Waals surface area contributed by atoms with E-state index in [4.69, 9.17) is 4.74 Å². The average molecular weight is 188 g/mol. The summed E-state index contributed by atoms with van der Waals surface area (Å²) < 4.78 is 4.91. The molecule has 0 aromatic carbocycles. The molecule has 0 amide bonds. The molecule has 7 fully saturated rings. The molecule has 7 aliphatic rings. The lowest BCUT2D eigenvalue weighted by atomic mass is 9.88. The minimum Gasteiger partial charge on any atom is -0.392 e. The van der Waals surface area contributed by atoms with Crippen LogP contribution in [0.2, 0.25) is 0 Å². The fraction of sp³-hybridized carbons (Fsp3) is 0.818. The number of cyclic esters (lactones) is 2. The summed E-state index contributed by atoms with van der Waals surface area (Å²) in [6.07, 6.45) is 1.31. The first-order valence-electron chi connectivity index (χ1n) is 5.54. The van der Waals surface area contributed by atoms with Gasteiger partial charge in [0.25, 0.3) is 0 Å². The van der Waals surface area contributed by atoms with Crippen molar-refractivity contribution in [3.63, 3.8) is 0 Å². The summed E-state index contributed by atoms with van der Waals surface area (Å²) in [6.45, 7) is 0. The Morgan fingerprint density at radius 3 is 1.79 bits per heavy atom. The highest BCUT2D eigenvalue weighted by atomic mass is 16.6. The normalized spacial score (nSPS) is 82.0. The topological polar surface area (TPSA) is 43.4 Å². The second-order valence-electron chi connectivity index (χ2n) is 6.08. The van der Waals surface area contributed by atoms with Crippen LogP contribution in [0.4, 0.5) is 0 Å². The zero-order valence-electron chi connectivity index (χ0n) is 7.40. The van der Waals surface area contributed by atoms with Gasteiger partial charge in [0.2, 0.25) is 0 Å². The van der Waals surface area contributed by atoms with Crippen LogP contribution < -0.4 is 0 Å². The molecule has 3 nitrogen and oxygen atoms in total. The molecule has 1 aliphatic heterocycles. The molecule has 2 bridgehead atoms. The number of rotatable bonds is 0. The maximum Gasteiger partial charge on any atom is 0.321 e. The summed E-state index contributed by atoms with van der Waals surface area (Å²) in [5.74, 6) is 3.45. The molecule has 0 aromatic heterocycles. The third-order valence-electron chi connectivity index (χ3n) is 6.59. The van der Waals surface area contributed by atoms with Gasteiger partial charge in [-0.15, -0.1) is 0 Å². The molecule has 3 heteroatoms. The maximum absolute atomic E-state index is 11.8. The molecule has 1 heterocycles. The molecule has 0 N–H and O–H groups in total. The van der Waals surface area contributed by atoms with Crippen LogP contribution in [0.25, 0.3) is 0 Å². The fourth-order valence-corrected chi connectivity index (χ4v) is 6.89. The molecule has 4 unspecified atom stereocenters. The Hall–Kier alpha value is -0.860. The highest BCUT2D eigenvalue weighted by Crippen LogP contribution is 3.06. The van der Waals surface area contributed by atoms with E-state index >= 15 is 0 Å². The van der Waals surface area contributed by atoms with Crippen molar-refractivity contribution in [3.8, 4) is 0 Å². The van der Waals surface area contributed by atoms with Crippen LogP contribution >= 0.6 is 0 Å². The zero-order valence-corrected chi connectivity index (χ0v) is 7.40. The van der Waals surface area contributed by atoms with Gasteiger partial charge in [0.1, 0.15) is 0 Å². The van der Waals surface area contributed by atoms with Gasteiger partial charge in [-0.25, -0.2) is 0 Å². The predicted octanol–water partition coefficient (Wildman–Crippen LogP) is 0.198. The van der Waals surface area contributed by atoms with Crippen LogP contribution in [-0.4, -0.2) is 11.9 Å². The van der Waals surface area contributed by atoms with Crippen molar-refractivity contribution in [3.05, 3.63) is 0 Å². The van der Waals surface area contributed by atoms with Crippen molar-refractivity contribution < 1.29 is 14.3 Å². The van der Waals surface area contributed by atoms with E-state index in [-0.39, 0.29) is 22.8 Å². The van der Waals surface area contributed by atoms with Crippen molar-refractivity contribution in [1.82, 2.24) is 0 Å². The van der Waals surface area contributed by atoms with E-state index in [0.717, 1.165) is 11.8 Å². The number of esters is 2. The van der Waals surface area contributed by atoms with Gasteiger partial charge >= 0.3 is 11.9 Å². The minimum absolute atomic E-state index is 0.144. The Morgan fingerprint density at radius 1 is 0.929 bits per heavy atom. The van der Waals surface area contributed by atoms with Gasteiger partial charge in [0.15, 0.2) is 0 Å². The molecule has 1 saturated heterocycles. The molecule has 70 valence electrons. The lowest BCUT2D eigenvalue weighted by Crippen LogP contribution is -2.21. The molecule has 2 spiro atoms. The molecular formula is C11H8O3. The van der Waals surface area contributed by atoms with Gasteiger partial charge in [-0.2, -0.15) is 0 Å².